The Morgan fingerprint density at radius 3 is 2.80 bits per heavy atom. The van der Waals surface area contributed by atoms with Gasteiger partial charge < -0.3 is 5.32 Å². The molecule has 0 bridgehead atoms. The summed E-state index contributed by atoms with van der Waals surface area (Å²) in [6, 6.07) is 7.68. The molecule has 0 unspecified atom stereocenters. The van der Waals surface area contributed by atoms with Gasteiger partial charge in [-0.1, -0.05) is 31.5 Å². The van der Waals surface area contributed by atoms with Crippen LogP contribution in [0.15, 0.2) is 30.6 Å². The van der Waals surface area contributed by atoms with Crippen LogP contribution < -0.4 is 5.32 Å². The molecular weight excluding hydrogens is 256 g/mol. The molecule has 0 saturated carbocycles. The van der Waals surface area contributed by atoms with Crippen molar-refractivity contribution in [2.45, 2.75) is 19.8 Å². The van der Waals surface area contributed by atoms with E-state index in [-0.39, 0.29) is 11.5 Å². The summed E-state index contributed by atoms with van der Waals surface area (Å²) >= 11 is 0. The van der Waals surface area contributed by atoms with Crippen LogP contribution in [0.4, 0.5) is 11.5 Å². The third-order valence-corrected chi connectivity index (χ3v) is 2.98. The second-order valence-corrected chi connectivity index (χ2v) is 4.38. The highest BCUT2D eigenvalue weighted by Gasteiger charge is 2.23. The van der Waals surface area contributed by atoms with E-state index in [1.165, 1.54) is 6.33 Å². The molecule has 0 saturated heterocycles. The molecule has 1 heterocycles. The number of hydrogen-bond donors (Lipinski definition) is 1. The van der Waals surface area contributed by atoms with Crippen molar-refractivity contribution in [3.8, 4) is 11.3 Å². The summed E-state index contributed by atoms with van der Waals surface area (Å²) in [5.41, 5.74) is 2.13. The zero-order chi connectivity index (χ0) is 14.5. The standard InChI is InChI=1S/C14H16N4O2/c1-3-5-10-6-4-7-11(8-10)12-13(18(19)20)14(15-2)17-9-16-12/h4,6-9H,3,5H2,1-2H3,(H,15,16,17). The van der Waals surface area contributed by atoms with E-state index in [2.05, 4.69) is 22.2 Å². The van der Waals surface area contributed by atoms with Gasteiger partial charge in [-0.2, -0.15) is 0 Å². The average molecular weight is 272 g/mol. The maximum atomic E-state index is 11.3. The Morgan fingerprint density at radius 2 is 2.15 bits per heavy atom. The van der Waals surface area contributed by atoms with Crippen LogP contribution in [-0.2, 0) is 6.42 Å². The summed E-state index contributed by atoms with van der Waals surface area (Å²) in [6.45, 7) is 2.10. The molecule has 0 spiro atoms. The van der Waals surface area contributed by atoms with Crippen molar-refractivity contribution in [1.82, 2.24) is 9.97 Å². The molecule has 2 aromatic rings. The van der Waals surface area contributed by atoms with Crippen molar-refractivity contribution < 1.29 is 4.92 Å². The number of anilines is 1. The minimum Gasteiger partial charge on any atom is -0.367 e. The third-order valence-electron chi connectivity index (χ3n) is 2.98. The van der Waals surface area contributed by atoms with Crippen LogP contribution >= 0.6 is 0 Å². The number of benzene rings is 1. The number of hydrogen-bond acceptors (Lipinski definition) is 5. The Bertz CT molecular complexity index is 628. The van der Waals surface area contributed by atoms with Gasteiger partial charge in [-0.05, 0) is 18.1 Å². The van der Waals surface area contributed by atoms with Gasteiger partial charge in [0.15, 0.2) is 5.69 Å². The summed E-state index contributed by atoms with van der Waals surface area (Å²) in [4.78, 5) is 18.8. The van der Waals surface area contributed by atoms with Crippen LogP contribution in [0.5, 0.6) is 0 Å². The Morgan fingerprint density at radius 1 is 1.35 bits per heavy atom. The van der Waals surface area contributed by atoms with Gasteiger partial charge >= 0.3 is 5.69 Å². The molecule has 0 atom stereocenters. The first-order valence-electron chi connectivity index (χ1n) is 6.43. The molecule has 1 N–H and O–H groups in total. The van der Waals surface area contributed by atoms with Crippen LogP contribution in [-0.4, -0.2) is 21.9 Å². The summed E-state index contributed by atoms with van der Waals surface area (Å²) in [5.74, 6) is 0.223. The Hall–Kier alpha value is -2.50. The van der Waals surface area contributed by atoms with Crippen LogP contribution in [0.1, 0.15) is 18.9 Å². The second kappa shape index (κ2) is 6.10. The first-order valence-corrected chi connectivity index (χ1v) is 6.43. The maximum absolute atomic E-state index is 11.3. The highest BCUT2D eigenvalue weighted by Crippen LogP contribution is 2.32. The first kappa shape index (κ1) is 13.9. The molecular formula is C14H16N4O2. The fourth-order valence-corrected chi connectivity index (χ4v) is 2.11. The topological polar surface area (TPSA) is 81.0 Å². The van der Waals surface area contributed by atoms with Gasteiger partial charge in [0.2, 0.25) is 5.82 Å². The zero-order valence-corrected chi connectivity index (χ0v) is 11.5. The summed E-state index contributed by atoms with van der Waals surface area (Å²) < 4.78 is 0. The van der Waals surface area contributed by atoms with E-state index < -0.39 is 4.92 Å². The molecule has 0 aliphatic carbocycles. The van der Waals surface area contributed by atoms with E-state index in [1.807, 2.05) is 24.3 Å². The van der Waals surface area contributed by atoms with E-state index >= 15 is 0 Å². The SMILES string of the molecule is CCCc1cccc(-c2ncnc(NC)c2[N+](=O)[O-])c1. The fraction of sp³-hybridized carbons (Fsp3) is 0.286. The molecule has 1 aromatic carbocycles. The van der Waals surface area contributed by atoms with Crippen molar-refractivity contribution in [1.29, 1.82) is 0 Å². The highest BCUT2D eigenvalue weighted by atomic mass is 16.6. The minimum absolute atomic E-state index is 0.0938. The van der Waals surface area contributed by atoms with Crippen molar-refractivity contribution in [2.24, 2.45) is 0 Å². The Balaban J connectivity index is 2.57. The molecule has 0 aliphatic rings. The van der Waals surface area contributed by atoms with Crippen molar-refractivity contribution in [2.75, 3.05) is 12.4 Å². The van der Waals surface area contributed by atoms with Crippen molar-refractivity contribution in [3.05, 3.63) is 46.3 Å². The monoisotopic (exact) mass is 272 g/mol. The lowest BCUT2D eigenvalue weighted by molar-refractivity contribution is -0.383. The average Bonchev–Trinajstić information content (AvgIpc) is 2.47. The molecule has 2 rings (SSSR count). The predicted octanol–water partition coefficient (Wildman–Crippen LogP) is 3.05. The summed E-state index contributed by atoms with van der Waals surface area (Å²) in [5, 5.41) is 14.0. The second-order valence-electron chi connectivity index (χ2n) is 4.38. The number of nitrogens with one attached hydrogen (secondary N) is 1. The van der Waals surface area contributed by atoms with Crippen LogP contribution in [0.3, 0.4) is 0 Å². The Labute approximate surface area is 117 Å². The lowest BCUT2D eigenvalue weighted by Crippen LogP contribution is -2.03. The van der Waals surface area contributed by atoms with Gasteiger partial charge in [0.25, 0.3) is 0 Å². The zero-order valence-electron chi connectivity index (χ0n) is 11.5. The number of nitrogens with zero attached hydrogens (tertiary/aromatic N) is 3. The predicted molar refractivity (Wildman–Crippen MR) is 77.7 cm³/mol. The van der Waals surface area contributed by atoms with E-state index in [1.54, 1.807) is 7.05 Å². The molecule has 1 aromatic heterocycles. The fourth-order valence-electron chi connectivity index (χ4n) is 2.11. The maximum Gasteiger partial charge on any atom is 0.337 e. The van der Waals surface area contributed by atoms with Crippen LogP contribution in [0.2, 0.25) is 0 Å². The van der Waals surface area contributed by atoms with Crippen molar-refractivity contribution in [3.63, 3.8) is 0 Å². The lowest BCUT2D eigenvalue weighted by Gasteiger charge is -2.07. The molecule has 0 fully saturated rings. The van der Waals surface area contributed by atoms with Crippen LogP contribution in [0, 0.1) is 10.1 Å². The molecule has 6 heteroatoms. The van der Waals surface area contributed by atoms with Gasteiger partial charge in [-0.25, -0.2) is 9.97 Å². The number of aromatic nitrogens is 2. The lowest BCUT2D eigenvalue weighted by atomic mass is 10.0. The van der Waals surface area contributed by atoms with Gasteiger partial charge in [0, 0.05) is 12.6 Å². The minimum atomic E-state index is -0.451. The molecule has 104 valence electrons. The van der Waals surface area contributed by atoms with Crippen LogP contribution in [0.25, 0.3) is 11.3 Å². The summed E-state index contributed by atoms with van der Waals surface area (Å²) in [7, 11) is 1.60. The largest absolute Gasteiger partial charge is 0.367 e. The number of rotatable bonds is 5. The van der Waals surface area contributed by atoms with E-state index in [0.29, 0.717) is 5.69 Å². The van der Waals surface area contributed by atoms with E-state index in [0.717, 1.165) is 24.0 Å². The number of aryl methyl sites for hydroxylation is 1. The normalized spacial score (nSPS) is 10.3. The molecule has 0 amide bonds. The molecule has 20 heavy (non-hydrogen) atoms. The van der Waals surface area contributed by atoms with E-state index in [9.17, 15) is 10.1 Å². The first-order chi connectivity index (χ1) is 9.67. The van der Waals surface area contributed by atoms with Crippen molar-refractivity contribution >= 4 is 11.5 Å². The quantitative estimate of drug-likeness (QED) is 0.668. The molecule has 0 radical (unpaired) electrons. The molecule has 0 aliphatic heterocycles. The highest BCUT2D eigenvalue weighted by molar-refractivity contribution is 5.76. The number of nitro groups is 1. The van der Waals surface area contributed by atoms with Gasteiger partial charge in [-0.15, -0.1) is 0 Å². The third kappa shape index (κ3) is 2.74. The Kier molecular flexibility index (Phi) is 4.24. The van der Waals surface area contributed by atoms with Gasteiger partial charge in [0.05, 0.1) is 4.92 Å². The smallest absolute Gasteiger partial charge is 0.337 e. The van der Waals surface area contributed by atoms with Gasteiger partial charge in [0.1, 0.15) is 6.33 Å². The van der Waals surface area contributed by atoms with E-state index in [4.69, 9.17) is 0 Å². The van der Waals surface area contributed by atoms with Gasteiger partial charge in [-0.3, -0.25) is 10.1 Å². The molecule has 6 nitrogen and oxygen atoms in total. The summed E-state index contributed by atoms with van der Waals surface area (Å²) in [6.07, 6.45) is 3.29.